The molecule has 1 aliphatic rings. The standard InChI is InChI=1S/C23H21FN4O2S/c1-14-19(28-12-4-5-17(24)20(28)25-14)18-13-31-22(26-18)23(10-2-3-11-23)16-8-6-15(7-9-16)21(29)27-30/h4-9,12-13,30H,2-3,10-11H2,1H3,(H,27,29). The monoisotopic (exact) mass is 436 g/mol. The Morgan fingerprint density at radius 3 is 2.65 bits per heavy atom. The van der Waals surface area contributed by atoms with Crippen LogP contribution in [-0.2, 0) is 5.41 Å². The second kappa shape index (κ2) is 7.55. The van der Waals surface area contributed by atoms with Crippen LogP contribution in [0.2, 0.25) is 0 Å². The Labute approximate surface area is 182 Å². The van der Waals surface area contributed by atoms with Crippen LogP contribution in [0.3, 0.4) is 0 Å². The summed E-state index contributed by atoms with van der Waals surface area (Å²) in [7, 11) is 0. The largest absolute Gasteiger partial charge is 0.295 e. The number of aromatic nitrogens is 3. The summed E-state index contributed by atoms with van der Waals surface area (Å²) in [5.41, 5.74) is 5.61. The molecule has 1 saturated carbocycles. The SMILES string of the molecule is Cc1nc2c(F)cccn2c1-c1csc(C2(c3ccc(C(=O)NO)cc3)CCCC2)n1. The van der Waals surface area contributed by atoms with Crippen LogP contribution in [-0.4, -0.2) is 25.5 Å². The summed E-state index contributed by atoms with van der Waals surface area (Å²) in [6.07, 6.45) is 5.98. The fraction of sp³-hybridized carbons (Fsp3) is 0.261. The summed E-state index contributed by atoms with van der Waals surface area (Å²) >= 11 is 1.61. The van der Waals surface area contributed by atoms with Gasteiger partial charge < -0.3 is 0 Å². The maximum Gasteiger partial charge on any atom is 0.274 e. The highest BCUT2D eigenvalue weighted by Gasteiger charge is 2.40. The Bertz CT molecular complexity index is 1270. The molecule has 0 radical (unpaired) electrons. The Morgan fingerprint density at radius 2 is 1.94 bits per heavy atom. The van der Waals surface area contributed by atoms with Gasteiger partial charge in [0, 0.05) is 22.6 Å². The van der Waals surface area contributed by atoms with Gasteiger partial charge in [-0.3, -0.25) is 14.4 Å². The molecule has 31 heavy (non-hydrogen) atoms. The molecule has 0 aliphatic heterocycles. The molecular weight excluding hydrogens is 415 g/mol. The van der Waals surface area contributed by atoms with Gasteiger partial charge in [0.1, 0.15) is 10.7 Å². The number of aryl methyl sites for hydroxylation is 1. The van der Waals surface area contributed by atoms with Gasteiger partial charge in [0.25, 0.3) is 5.91 Å². The van der Waals surface area contributed by atoms with E-state index >= 15 is 0 Å². The Balaban J connectivity index is 1.58. The predicted octanol–water partition coefficient (Wildman–Crippen LogP) is 4.88. The molecule has 1 aliphatic carbocycles. The van der Waals surface area contributed by atoms with Gasteiger partial charge in [0.05, 0.1) is 11.4 Å². The van der Waals surface area contributed by atoms with Gasteiger partial charge in [0.15, 0.2) is 11.5 Å². The van der Waals surface area contributed by atoms with Crippen molar-refractivity contribution in [3.63, 3.8) is 0 Å². The second-order valence-corrected chi connectivity index (χ2v) is 8.80. The number of pyridine rings is 1. The van der Waals surface area contributed by atoms with E-state index in [2.05, 4.69) is 4.98 Å². The number of hydrogen-bond donors (Lipinski definition) is 2. The molecule has 2 N–H and O–H groups in total. The number of benzene rings is 1. The number of amides is 1. The average molecular weight is 437 g/mol. The van der Waals surface area contributed by atoms with Crippen LogP contribution in [0.4, 0.5) is 4.39 Å². The van der Waals surface area contributed by atoms with E-state index in [-0.39, 0.29) is 11.2 Å². The molecule has 1 fully saturated rings. The van der Waals surface area contributed by atoms with Crippen molar-refractivity contribution in [3.05, 3.63) is 75.6 Å². The summed E-state index contributed by atoms with van der Waals surface area (Å²) in [4.78, 5) is 21.1. The molecule has 0 saturated heterocycles. The summed E-state index contributed by atoms with van der Waals surface area (Å²) in [5.74, 6) is -0.884. The smallest absolute Gasteiger partial charge is 0.274 e. The molecule has 5 rings (SSSR count). The number of rotatable bonds is 4. The molecule has 6 nitrogen and oxygen atoms in total. The normalized spacial score (nSPS) is 15.5. The van der Waals surface area contributed by atoms with E-state index in [9.17, 15) is 9.18 Å². The van der Waals surface area contributed by atoms with Crippen molar-refractivity contribution in [3.8, 4) is 11.4 Å². The van der Waals surface area contributed by atoms with Crippen molar-refractivity contribution >= 4 is 22.9 Å². The fourth-order valence-corrected chi connectivity index (χ4v) is 5.75. The van der Waals surface area contributed by atoms with Crippen LogP contribution in [0.25, 0.3) is 17.0 Å². The van der Waals surface area contributed by atoms with E-state index in [4.69, 9.17) is 10.2 Å². The minimum absolute atomic E-state index is 0.212. The summed E-state index contributed by atoms with van der Waals surface area (Å²) < 4.78 is 16.0. The Kier molecular flexibility index (Phi) is 4.83. The van der Waals surface area contributed by atoms with E-state index in [1.165, 1.54) is 6.07 Å². The number of halogens is 1. The minimum atomic E-state index is -0.529. The first kappa shape index (κ1) is 19.8. The molecule has 0 unspecified atom stereocenters. The molecule has 1 aromatic carbocycles. The highest BCUT2D eigenvalue weighted by molar-refractivity contribution is 7.10. The van der Waals surface area contributed by atoms with Gasteiger partial charge in [0.2, 0.25) is 0 Å². The number of hydroxylamine groups is 1. The topological polar surface area (TPSA) is 79.5 Å². The number of carbonyl (C=O) groups is 1. The van der Waals surface area contributed by atoms with Crippen LogP contribution in [0.5, 0.6) is 0 Å². The first-order valence-corrected chi connectivity index (χ1v) is 11.1. The zero-order valence-corrected chi connectivity index (χ0v) is 17.7. The third kappa shape index (κ3) is 3.14. The van der Waals surface area contributed by atoms with Crippen molar-refractivity contribution in [1.82, 2.24) is 19.8 Å². The van der Waals surface area contributed by atoms with Gasteiger partial charge in [-0.15, -0.1) is 11.3 Å². The van der Waals surface area contributed by atoms with Crippen LogP contribution < -0.4 is 5.48 Å². The number of hydrogen-bond acceptors (Lipinski definition) is 5. The van der Waals surface area contributed by atoms with E-state index < -0.39 is 5.91 Å². The molecule has 3 heterocycles. The molecule has 0 atom stereocenters. The minimum Gasteiger partial charge on any atom is -0.295 e. The number of nitrogens with one attached hydrogen (secondary N) is 1. The highest BCUT2D eigenvalue weighted by atomic mass is 32.1. The third-order valence-electron chi connectivity index (χ3n) is 6.19. The zero-order chi connectivity index (χ0) is 21.6. The van der Waals surface area contributed by atoms with Crippen LogP contribution in [0.1, 0.15) is 52.3 Å². The number of carbonyl (C=O) groups excluding carboxylic acids is 1. The maximum atomic E-state index is 14.2. The van der Waals surface area contributed by atoms with Crippen LogP contribution in [0.15, 0.2) is 48.0 Å². The van der Waals surface area contributed by atoms with E-state index in [1.807, 2.05) is 30.6 Å². The zero-order valence-electron chi connectivity index (χ0n) is 16.9. The molecule has 0 bridgehead atoms. The van der Waals surface area contributed by atoms with Gasteiger partial charge in [-0.1, -0.05) is 25.0 Å². The summed E-state index contributed by atoms with van der Waals surface area (Å²) in [5, 5.41) is 11.9. The lowest BCUT2D eigenvalue weighted by molar-refractivity contribution is 0.0706. The quantitative estimate of drug-likeness (QED) is 0.353. The number of imidazole rings is 1. The lowest BCUT2D eigenvalue weighted by Crippen LogP contribution is -2.24. The van der Waals surface area contributed by atoms with Crippen molar-refractivity contribution in [2.75, 3.05) is 0 Å². The highest BCUT2D eigenvalue weighted by Crippen LogP contribution is 2.48. The number of fused-ring (bicyclic) bond motifs is 1. The number of thiazole rings is 1. The molecule has 0 spiro atoms. The number of nitrogens with zero attached hydrogens (tertiary/aromatic N) is 3. The lowest BCUT2D eigenvalue weighted by atomic mass is 9.79. The summed E-state index contributed by atoms with van der Waals surface area (Å²) in [6.45, 7) is 1.87. The molecule has 3 aromatic heterocycles. The molecule has 8 heteroatoms. The molecular formula is C23H21FN4O2S. The van der Waals surface area contributed by atoms with Crippen molar-refractivity contribution < 1.29 is 14.4 Å². The van der Waals surface area contributed by atoms with Crippen molar-refractivity contribution in [2.45, 2.75) is 38.0 Å². The van der Waals surface area contributed by atoms with Gasteiger partial charge in [-0.05, 0) is 49.6 Å². The Morgan fingerprint density at radius 1 is 1.19 bits per heavy atom. The fourth-order valence-electron chi connectivity index (χ4n) is 4.67. The third-order valence-corrected chi connectivity index (χ3v) is 7.24. The van der Waals surface area contributed by atoms with E-state index in [0.717, 1.165) is 53.3 Å². The first-order valence-electron chi connectivity index (χ1n) is 10.2. The van der Waals surface area contributed by atoms with Crippen molar-refractivity contribution in [1.29, 1.82) is 0 Å². The molecule has 158 valence electrons. The van der Waals surface area contributed by atoms with E-state index in [0.29, 0.717) is 11.2 Å². The van der Waals surface area contributed by atoms with Crippen LogP contribution in [0, 0.1) is 12.7 Å². The average Bonchev–Trinajstić information content (AvgIpc) is 3.52. The second-order valence-electron chi connectivity index (χ2n) is 7.94. The van der Waals surface area contributed by atoms with E-state index in [1.54, 1.807) is 39.4 Å². The van der Waals surface area contributed by atoms with Crippen LogP contribution >= 0.6 is 11.3 Å². The summed E-state index contributed by atoms with van der Waals surface area (Å²) in [6, 6.07) is 10.4. The first-order chi connectivity index (χ1) is 15.0. The van der Waals surface area contributed by atoms with Gasteiger partial charge in [-0.2, -0.15) is 0 Å². The van der Waals surface area contributed by atoms with Gasteiger partial charge >= 0.3 is 0 Å². The molecule has 4 aromatic rings. The Hall–Kier alpha value is -3.10. The van der Waals surface area contributed by atoms with Gasteiger partial charge in [-0.25, -0.2) is 19.8 Å². The van der Waals surface area contributed by atoms with Crippen molar-refractivity contribution in [2.24, 2.45) is 0 Å². The molecule has 1 amide bonds. The predicted molar refractivity (Wildman–Crippen MR) is 116 cm³/mol. The maximum absolute atomic E-state index is 14.2. The lowest BCUT2D eigenvalue weighted by Gasteiger charge is -2.27.